The number of aromatic nitrogens is 4. The first kappa shape index (κ1) is 11.8. The van der Waals surface area contributed by atoms with Gasteiger partial charge in [0.05, 0.1) is 12.9 Å². The topological polar surface area (TPSA) is 69.6 Å². The first-order valence-corrected chi connectivity index (χ1v) is 5.48. The van der Waals surface area contributed by atoms with E-state index in [1.807, 2.05) is 6.92 Å². The maximum atomic E-state index is 13.4. The standard InChI is InChI=1S/C10H11ClFN5/c1-2-3-6(12)4-17-5-14-7-8(11)15-10(13)16-9(7)17/h3,5H,2,4H2,1H3,(H2,13,15,16)/b6-3+. The Morgan fingerprint density at radius 2 is 2.35 bits per heavy atom. The molecule has 0 amide bonds. The molecule has 2 aromatic rings. The summed E-state index contributed by atoms with van der Waals surface area (Å²) in [6.45, 7) is 1.93. The molecule has 0 radical (unpaired) electrons. The summed E-state index contributed by atoms with van der Waals surface area (Å²) in [5.74, 6) is -0.204. The predicted molar refractivity (Wildman–Crippen MR) is 64.2 cm³/mol. The first-order valence-electron chi connectivity index (χ1n) is 5.10. The van der Waals surface area contributed by atoms with Crippen molar-refractivity contribution >= 4 is 28.7 Å². The smallest absolute Gasteiger partial charge is 0.223 e. The lowest BCUT2D eigenvalue weighted by Crippen LogP contribution is -2.01. The quantitative estimate of drug-likeness (QED) is 0.855. The molecule has 0 saturated heterocycles. The van der Waals surface area contributed by atoms with E-state index in [-0.39, 0.29) is 23.5 Å². The van der Waals surface area contributed by atoms with Gasteiger partial charge in [0.25, 0.3) is 0 Å². The first-order chi connectivity index (χ1) is 8.11. The summed E-state index contributed by atoms with van der Waals surface area (Å²) in [4.78, 5) is 11.8. The number of fused-ring (bicyclic) bond motifs is 1. The number of hydrogen-bond acceptors (Lipinski definition) is 4. The molecule has 0 fully saturated rings. The third-order valence-electron chi connectivity index (χ3n) is 2.19. The fraction of sp³-hybridized carbons (Fsp3) is 0.300. The Hall–Kier alpha value is -1.69. The SMILES string of the molecule is CC/C=C(/F)Cn1cnc2c(Cl)nc(N)nc21. The van der Waals surface area contributed by atoms with Crippen molar-refractivity contribution in [2.45, 2.75) is 19.9 Å². The average Bonchev–Trinajstić information content (AvgIpc) is 2.62. The van der Waals surface area contributed by atoms with Gasteiger partial charge in [0.15, 0.2) is 10.8 Å². The van der Waals surface area contributed by atoms with Gasteiger partial charge < -0.3 is 10.3 Å². The molecule has 0 atom stereocenters. The number of halogens is 2. The van der Waals surface area contributed by atoms with Gasteiger partial charge in [-0.2, -0.15) is 9.97 Å². The van der Waals surface area contributed by atoms with Crippen LogP contribution in [0.1, 0.15) is 13.3 Å². The van der Waals surface area contributed by atoms with Gasteiger partial charge in [-0.15, -0.1) is 0 Å². The van der Waals surface area contributed by atoms with Crippen molar-refractivity contribution in [2.24, 2.45) is 0 Å². The van der Waals surface area contributed by atoms with E-state index in [1.165, 1.54) is 12.4 Å². The maximum Gasteiger partial charge on any atom is 0.223 e. The molecule has 0 saturated carbocycles. The number of nitrogens with two attached hydrogens (primary N) is 1. The highest BCUT2D eigenvalue weighted by atomic mass is 35.5. The molecule has 90 valence electrons. The molecule has 2 rings (SSSR count). The normalized spacial score (nSPS) is 12.3. The molecule has 2 N–H and O–H groups in total. The molecule has 7 heteroatoms. The van der Waals surface area contributed by atoms with Crippen LogP contribution >= 0.6 is 11.6 Å². The van der Waals surface area contributed by atoms with Gasteiger partial charge in [0, 0.05) is 0 Å². The van der Waals surface area contributed by atoms with E-state index in [0.717, 1.165) is 0 Å². The number of anilines is 1. The Morgan fingerprint density at radius 1 is 1.59 bits per heavy atom. The van der Waals surface area contributed by atoms with Crippen LogP contribution in [0.2, 0.25) is 5.15 Å². The summed E-state index contributed by atoms with van der Waals surface area (Å²) in [7, 11) is 0. The lowest BCUT2D eigenvalue weighted by molar-refractivity contribution is 0.555. The van der Waals surface area contributed by atoms with E-state index in [2.05, 4.69) is 15.0 Å². The maximum absolute atomic E-state index is 13.4. The lowest BCUT2D eigenvalue weighted by Gasteiger charge is -2.02. The van der Waals surface area contributed by atoms with Gasteiger partial charge in [-0.25, -0.2) is 9.37 Å². The third-order valence-corrected chi connectivity index (χ3v) is 2.45. The van der Waals surface area contributed by atoms with Crippen LogP contribution in [0.15, 0.2) is 18.2 Å². The minimum Gasteiger partial charge on any atom is -0.368 e. The largest absolute Gasteiger partial charge is 0.368 e. The van der Waals surface area contributed by atoms with Crippen molar-refractivity contribution in [3.8, 4) is 0 Å². The minimum absolute atomic E-state index is 0.0455. The van der Waals surface area contributed by atoms with Gasteiger partial charge in [0.1, 0.15) is 11.3 Å². The van der Waals surface area contributed by atoms with Crippen molar-refractivity contribution in [1.29, 1.82) is 0 Å². The molecular weight excluding hydrogens is 245 g/mol. The van der Waals surface area contributed by atoms with Gasteiger partial charge in [-0.1, -0.05) is 24.6 Å². The van der Waals surface area contributed by atoms with E-state index in [0.29, 0.717) is 17.6 Å². The molecule has 0 spiro atoms. The number of hydrogen-bond donors (Lipinski definition) is 1. The predicted octanol–water partition coefficient (Wildman–Crippen LogP) is 2.33. The summed E-state index contributed by atoms with van der Waals surface area (Å²) < 4.78 is 14.9. The molecule has 5 nitrogen and oxygen atoms in total. The molecule has 0 aliphatic carbocycles. The number of nitrogens with zero attached hydrogens (tertiary/aromatic N) is 4. The Morgan fingerprint density at radius 3 is 3.06 bits per heavy atom. The fourth-order valence-corrected chi connectivity index (χ4v) is 1.71. The summed E-state index contributed by atoms with van der Waals surface area (Å²) >= 11 is 5.86. The van der Waals surface area contributed by atoms with E-state index in [1.54, 1.807) is 4.57 Å². The minimum atomic E-state index is -0.250. The molecule has 0 aromatic carbocycles. The van der Waals surface area contributed by atoms with E-state index < -0.39 is 0 Å². The van der Waals surface area contributed by atoms with Gasteiger partial charge in [-0.05, 0) is 6.42 Å². The Kier molecular flexibility index (Phi) is 3.23. The molecule has 0 bridgehead atoms. The second kappa shape index (κ2) is 4.67. The van der Waals surface area contributed by atoms with Crippen molar-refractivity contribution < 1.29 is 4.39 Å². The Labute approximate surface area is 102 Å². The van der Waals surface area contributed by atoms with Crippen molar-refractivity contribution in [1.82, 2.24) is 19.5 Å². The van der Waals surface area contributed by atoms with E-state index in [9.17, 15) is 4.39 Å². The Balaban J connectivity index is 2.46. The van der Waals surface area contributed by atoms with Crippen molar-refractivity contribution in [3.63, 3.8) is 0 Å². The molecule has 0 unspecified atom stereocenters. The number of allylic oxidation sites excluding steroid dienone is 2. The second-order valence-corrected chi connectivity index (χ2v) is 3.83. The van der Waals surface area contributed by atoms with E-state index >= 15 is 0 Å². The van der Waals surface area contributed by atoms with Crippen LogP contribution in [-0.4, -0.2) is 19.5 Å². The number of nitrogen functional groups attached to an aromatic ring is 1. The molecule has 2 aromatic heterocycles. The van der Waals surface area contributed by atoms with Crippen LogP contribution in [0.5, 0.6) is 0 Å². The van der Waals surface area contributed by atoms with Crippen molar-refractivity contribution in [3.05, 3.63) is 23.4 Å². The van der Waals surface area contributed by atoms with Crippen LogP contribution in [0.3, 0.4) is 0 Å². The Bertz CT molecular complexity index is 577. The summed E-state index contributed by atoms with van der Waals surface area (Å²) in [6.07, 6.45) is 3.60. The monoisotopic (exact) mass is 255 g/mol. The van der Waals surface area contributed by atoms with Gasteiger partial charge in [0.2, 0.25) is 5.95 Å². The highest BCUT2D eigenvalue weighted by Gasteiger charge is 2.11. The number of imidazole rings is 1. The van der Waals surface area contributed by atoms with Crippen LogP contribution in [-0.2, 0) is 6.54 Å². The van der Waals surface area contributed by atoms with Crippen LogP contribution in [0.4, 0.5) is 10.3 Å². The lowest BCUT2D eigenvalue weighted by atomic mass is 10.4. The zero-order valence-electron chi connectivity index (χ0n) is 9.19. The zero-order valence-corrected chi connectivity index (χ0v) is 9.95. The van der Waals surface area contributed by atoms with Crippen molar-refractivity contribution in [2.75, 3.05) is 5.73 Å². The second-order valence-electron chi connectivity index (χ2n) is 3.48. The summed E-state index contributed by atoms with van der Waals surface area (Å²) in [6, 6.07) is 0. The molecular formula is C10H11ClFN5. The van der Waals surface area contributed by atoms with Gasteiger partial charge in [-0.3, -0.25) is 0 Å². The third kappa shape index (κ3) is 2.36. The average molecular weight is 256 g/mol. The van der Waals surface area contributed by atoms with E-state index in [4.69, 9.17) is 17.3 Å². The summed E-state index contributed by atoms with van der Waals surface area (Å²) in [5, 5.41) is 0.172. The summed E-state index contributed by atoms with van der Waals surface area (Å²) in [5.41, 5.74) is 6.34. The fourth-order valence-electron chi connectivity index (χ4n) is 1.49. The highest BCUT2D eigenvalue weighted by Crippen LogP contribution is 2.20. The molecule has 0 aliphatic heterocycles. The van der Waals surface area contributed by atoms with Gasteiger partial charge >= 0.3 is 0 Å². The molecule has 2 heterocycles. The molecule has 0 aliphatic rings. The number of rotatable bonds is 3. The van der Waals surface area contributed by atoms with Crippen LogP contribution < -0.4 is 5.73 Å². The zero-order chi connectivity index (χ0) is 12.4. The van der Waals surface area contributed by atoms with Crippen LogP contribution in [0, 0.1) is 0 Å². The molecule has 17 heavy (non-hydrogen) atoms. The highest BCUT2D eigenvalue weighted by molar-refractivity contribution is 6.33. The van der Waals surface area contributed by atoms with Crippen LogP contribution in [0.25, 0.3) is 11.2 Å².